The Morgan fingerprint density at radius 3 is 2.39 bits per heavy atom. The number of nitrogens with one attached hydrogen (secondary N) is 2. The average Bonchev–Trinajstić information content (AvgIpc) is 2.96. The second kappa shape index (κ2) is 9.13. The van der Waals surface area contributed by atoms with E-state index in [-0.39, 0.29) is 23.0 Å². The minimum absolute atomic E-state index is 0.0164. The number of halogens is 1. The van der Waals surface area contributed by atoms with E-state index in [1.165, 1.54) is 12.1 Å². The van der Waals surface area contributed by atoms with Gasteiger partial charge in [-0.2, -0.15) is 0 Å². The van der Waals surface area contributed by atoms with Crippen molar-refractivity contribution < 1.29 is 31.9 Å². The summed E-state index contributed by atoms with van der Waals surface area (Å²) in [6.45, 7) is 2.81. The van der Waals surface area contributed by atoms with Gasteiger partial charge in [0, 0.05) is 11.6 Å². The third-order valence-electron chi connectivity index (χ3n) is 4.26. The Morgan fingerprint density at radius 1 is 1.21 bits per heavy atom. The Morgan fingerprint density at radius 2 is 1.86 bits per heavy atom. The fourth-order valence-corrected chi connectivity index (χ4v) is 4.40. The van der Waals surface area contributed by atoms with E-state index in [0.29, 0.717) is 6.42 Å². The number of hydrogen-bond donors (Lipinski definition) is 2. The van der Waals surface area contributed by atoms with Crippen molar-refractivity contribution in [3.05, 3.63) is 35.6 Å². The van der Waals surface area contributed by atoms with Crippen LogP contribution in [0.4, 0.5) is 4.39 Å². The molecule has 1 saturated heterocycles. The number of sulfone groups is 1. The molecule has 2 atom stereocenters. The number of carbonyl (C=O) groups excluding carboxylic acids is 3. The van der Waals surface area contributed by atoms with Crippen LogP contribution < -0.4 is 10.6 Å². The standard InChI is InChI=1S/C18H23FN2O6S/c1-11(2)16(21-17(23)12-3-5-13(19)6-4-12)18(24)27-9-15(22)20-14-7-8-28(25,26)10-14/h3-6,11,14,16H,7-10H2,1-2H3,(H,20,22)(H,21,23)/t14-,16+/m0/s1. The van der Waals surface area contributed by atoms with Gasteiger partial charge in [0.05, 0.1) is 11.5 Å². The zero-order chi connectivity index (χ0) is 20.9. The minimum atomic E-state index is -3.13. The van der Waals surface area contributed by atoms with Crippen LogP contribution in [-0.2, 0) is 24.2 Å². The van der Waals surface area contributed by atoms with Crippen LogP contribution in [0.1, 0.15) is 30.6 Å². The highest BCUT2D eigenvalue weighted by atomic mass is 32.2. The molecular weight excluding hydrogens is 391 g/mol. The highest BCUT2D eigenvalue weighted by Gasteiger charge is 2.30. The number of carbonyl (C=O) groups is 3. The first kappa shape index (κ1) is 21.8. The van der Waals surface area contributed by atoms with E-state index < -0.39 is 52.1 Å². The lowest BCUT2D eigenvalue weighted by molar-refractivity contribution is -0.151. The maximum absolute atomic E-state index is 13.0. The second-order valence-electron chi connectivity index (χ2n) is 6.98. The third kappa shape index (κ3) is 6.29. The Kier molecular flexibility index (Phi) is 7.11. The van der Waals surface area contributed by atoms with Crippen molar-refractivity contribution in [2.24, 2.45) is 5.92 Å². The molecule has 154 valence electrons. The summed E-state index contributed by atoms with van der Waals surface area (Å²) in [5, 5.41) is 5.02. The number of amides is 2. The zero-order valence-corrected chi connectivity index (χ0v) is 16.4. The SMILES string of the molecule is CC(C)[C@@H](NC(=O)c1ccc(F)cc1)C(=O)OCC(=O)N[C@H]1CCS(=O)(=O)C1. The summed E-state index contributed by atoms with van der Waals surface area (Å²) in [6.07, 6.45) is 0.324. The molecule has 0 radical (unpaired) electrons. The van der Waals surface area contributed by atoms with Gasteiger partial charge in [0.25, 0.3) is 11.8 Å². The predicted molar refractivity (Wildman–Crippen MR) is 98.7 cm³/mol. The molecule has 1 aromatic rings. The molecule has 1 aliphatic rings. The molecule has 2 amide bonds. The van der Waals surface area contributed by atoms with Gasteiger partial charge in [-0.05, 0) is 36.6 Å². The quantitative estimate of drug-likeness (QED) is 0.625. The molecule has 1 aliphatic heterocycles. The maximum Gasteiger partial charge on any atom is 0.329 e. The number of ether oxygens (including phenoxy) is 1. The van der Waals surface area contributed by atoms with Crippen LogP contribution in [0.3, 0.4) is 0 Å². The molecule has 1 aromatic carbocycles. The van der Waals surface area contributed by atoms with Crippen LogP contribution in [0.15, 0.2) is 24.3 Å². The van der Waals surface area contributed by atoms with Crippen LogP contribution in [0, 0.1) is 11.7 Å². The Hall–Kier alpha value is -2.49. The van der Waals surface area contributed by atoms with Crippen molar-refractivity contribution in [1.29, 1.82) is 0 Å². The monoisotopic (exact) mass is 414 g/mol. The van der Waals surface area contributed by atoms with Gasteiger partial charge >= 0.3 is 5.97 Å². The van der Waals surface area contributed by atoms with E-state index >= 15 is 0 Å². The molecular formula is C18H23FN2O6S. The lowest BCUT2D eigenvalue weighted by Gasteiger charge is -2.21. The molecule has 0 saturated carbocycles. The normalized spacial score (nSPS) is 19.1. The van der Waals surface area contributed by atoms with Crippen LogP contribution in [-0.4, -0.2) is 56.4 Å². The van der Waals surface area contributed by atoms with Crippen molar-refractivity contribution in [1.82, 2.24) is 10.6 Å². The van der Waals surface area contributed by atoms with Crippen molar-refractivity contribution in [3.63, 3.8) is 0 Å². The highest BCUT2D eigenvalue weighted by Crippen LogP contribution is 2.11. The molecule has 0 spiro atoms. The topological polar surface area (TPSA) is 119 Å². The third-order valence-corrected chi connectivity index (χ3v) is 6.02. The number of rotatable bonds is 7. The highest BCUT2D eigenvalue weighted by molar-refractivity contribution is 7.91. The van der Waals surface area contributed by atoms with Gasteiger partial charge in [-0.15, -0.1) is 0 Å². The average molecular weight is 414 g/mol. The first-order chi connectivity index (χ1) is 13.1. The van der Waals surface area contributed by atoms with Crippen molar-refractivity contribution in [3.8, 4) is 0 Å². The fraction of sp³-hybridized carbons (Fsp3) is 0.500. The molecule has 8 nitrogen and oxygen atoms in total. The Bertz CT molecular complexity index is 838. The van der Waals surface area contributed by atoms with Gasteiger partial charge in [-0.25, -0.2) is 17.6 Å². The first-order valence-electron chi connectivity index (χ1n) is 8.80. The van der Waals surface area contributed by atoms with Crippen molar-refractivity contribution in [2.75, 3.05) is 18.1 Å². The van der Waals surface area contributed by atoms with Gasteiger partial charge in [0.2, 0.25) is 0 Å². The van der Waals surface area contributed by atoms with Gasteiger partial charge in [-0.1, -0.05) is 13.8 Å². The van der Waals surface area contributed by atoms with E-state index in [9.17, 15) is 27.2 Å². The number of benzene rings is 1. The molecule has 2 N–H and O–H groups in total. The summed E-state index contributed by atoms with van der Waals surface area (Å²) >= 11 is 0. The summed E-state index contributed by atoms with van der Waals surface area (Å²) < 4.78 is 40.7. The van der Waals surface area contributed by atoms with E-state index in [4.69, 9.17) is 4.74 Å². The molecule has 0 aromatic heterocycles. The van der Waals surface area contributed by atoms with E-state index in [0.717, 1.165) is 12.1 Å². The summed E-state index contributed by atoms with van der Waals surface area (Å²) in [5.41, 5.74) is 0.181. The molecule has 28 heavy (non-hydrogen) atoms. The molecule has 2 rings (SSSR count). The summed E-state index contributed by atoms with van der Waals surface area (Å²) in [4.78, 5) is 36.4. The van der Waals surface area contributed by atoms with E-state index in [1.807, 2.05) is 0 Å². The number of hydrogen-bond acceptors (Lipinski definition) is 6. The maximum atomic E-state index is 13.0. The van der Waals surface area contributed by atoms with E-state index in [1.54, 1.807) is 13.8 Å². The van der Waals surface area contributed by atoms with Crippen LogP contribution in [0.2, 0.25) is 0 Å². The van der Waals surface area contributed by atoms with Gasteiger partial charge in [0.15, 0.2) is 16.4 Å². The van der Waals surface area contributed by atoms with Crippen LogP contribution in [0.5, 0.6) is 0 Å². The molecule has 10 heteroatoms. The van der Waals surface area contributed by atoms with Crippen molar-refractivity contribution in [2.45, 2.75) is 32.4 Å². The predicted octanol–water partition coefficient (Wildman–Crippen LogP) is 0.427. The summed E-state index contributed by atoms with van der Waals surface area (Å²) in [6, 6.07) is 3.34. The lowest BCUT2D eigenvalue weighted by Crippen LogP contribution is -2.46. The van der Waals surface area contributed by atoms with Crippen LogP contribution in [0.25, 0.3) is 0 Å². The lowest BCUT2D eigenvalue weighted by atomic mass is 10.0. The molecule has 1 heterocycles. The fourth-order valence-electron chi connectivity index (χ4n) is 2.73. The number of esters is 1. The van der Waals surface area contributed by atoms with Crippen molar-refractivity contribution >= 4 is 27.6 Å². The minimum Gasteiger partial charge on any atom is -0.454 e. The zero-order valence-electron chi connectivity index (χ0n) is 15.6. The molecule has 0 unspecified atom stereocenters. The van der Waals surface area contributed by atoms with E-state index in [2.05, 4.69) is 10.6 Å². The van der Waals surface area contributed by atoms with Gasteiger partial charge in [-0.3, -0.25) is 9.59 Å². The smallest absolute Gasteiger partial charge is 0.329 e. The molecule has 1 fully saturated rings. The summed E-state index contributed by atoms with van der Waals surface area (Å²) in [5.74, 6) is -2.89. The second-order valence-corrected chi connectivity index (χ2v) is 9.21. The van der Waals surface area contributed by atoms with Crippen LogP contribution >= 0.6 is 0 Å². The molecule has 0 aliphatic carbocycles. The largest absolute Gasteiger partial charge is 0.454 e. The Labute approximate surface area is 162 Å². The summed E-state index contributed by atoms with van der Waals surface area (Å²) in [7, 11) is -3.13. The Balaban J connectivity index is 1.87. The first-order valence-corrected chi connectivity index (χ1v) is 10.6. The molecule has 0 bridgehead atoms. The van der Waals surface area contributed by atoms with Gasteiger partial charge in [0.1, 0.15) is 11.9 Å². The van der Waals surface area contributed by atoms with Gasteiger partial charge < -0.3 is 15.4 Å².